The highest BCUT2D eigenvalue weighted by molar-refractivity contribution is 6.30. The van der Waals surface area contributed by atoms with Crippen molar-refractivity contribution < 1.29 is 4.74 Å². The Morgan fingerprint density at radius 2 is 1.85 bits per heavy atom. The van der Waals surface area contributed by atoms with E-state index in [1.54, 1.807) is 12.1 Å². The number of rotatable bonds is 2. The first-order valence-corrected chi connectivity index (χ1v) is 8.53. The summed E-state index contributed by atoms with van der Waals surface area (Å²) in [4.78, 5) is 0. The van der Waals surface area contributed by atoms with Crippen LogP contribution < -0.4 is 4.74 Å². The molecule has 0 aliphatic carbocycles. The second-order valence-corrected chi connectivity index (χ2v) is 6.72. The van der Waals surface area contributed by atoms with Crippen LogP contribution in [0.1, 0.15) is 22.6 Å². The molecule has 0 radical (unpaired) electrons. The number of fused-ring (bicyclic) bond motifs is 1. The molecule has 2 N–H and O–H groups in total. The van der Waals surface area contributed by atoms with E-state index >= 15 is 0 Å². The smallest absolute Gasteiger partial charge is 0.244 e. The molecular weight excluding hydrogens is 348 g/mol. The molecule has 2 aromatic carbocycles. The van der Waals surface area contributed by atoms with Crippen LogP contribution in [0.5, 0.6) is 5.88 Å². The molecule has 3 aromatic rings. The molecule has 0 saturated heterocycles. The fourth-order valence-electron chi connectivity index (χ4n) is 3.29. The molecule has 0 fully saturated rings. The Morgan fingerprint density at radius 3 is 2.50 bits per heavy atom. The van der Waals surface area contributed by atoms with Gasteiger partial charge < -0.3 is 4.74 Å². The minimum absolute atomic E-state index is 0.0955. The number of aromatic nitrogens is 2. The van der Waals surface area contributed by atoms with E-state index in [0.29, 0.717) is 10.9 Å². The van der Waals surface area contributed by atoms with Gasteiger partial charge in [-0.05, 0) is 30.2 Å². The lowest BCUT2D eigenvalue weighted by Gasteiger charge is -2.28. The number of aromatic amines is 1. The molecule has 2 heterocycles. The van der Waals surface area contributed by atoms with Crippen molar-refractivity contribution in [3.8, 4) is 23.2 Å². The highest BCUT2D eigenvalue weighted by atomic mass is 35.5. The quantitative estimate of drug-likeness (QED) is 0.694. The zero-order chi connectivity index (χ0) is 18.3. The van der Waals surface area contributed by atoms with E-state index < -0.39 is 5.92 Å². The summed E-state index contributed by atoms with van der Waals surface area (Å²) in [6.45, 7) is 2.03. The van der Waals surface area contributed by atoms with Crippen LogP contribution in [0.4, 0.5) is 0 Å². The molecule has 1 aliphatic rings. The first-order chi connectivity index (χ1) is 12.6. The Balaban J connectivity index is 1.92. The van der Waals surface area contributed by atoms with Gasteiger partial charge in [0.25, 0.3) is 0 Å². The van der Waals surface area contributed by atoms with Gasteiger partial charge in [-0.1, -0.05) is 53.6 Å². The summed E-state index contributed by atoms with van der Waals surface area (Å²) >= 11 is 6.02. The van der Waals surface area contributed by atoms with Crippen molar-refractivity contribution in [3.63, 3.8) is 0 Å². The number of aryl methyl sites for hydroxylation is 1. The molecule has 2 atom stereocenters. The molecule has 6 heteroatoms. The fraction of sp³-hybridized carbons (Fsp3) is 0.150. The first-order valence-electron chi connectivity index (χ1n) is 8.15. The van der Waals surface area contributed by atoms with Gasteiger partial charge in [-0.15, -0.1) is 5.10 Å². The first kappa shape index (κ1) is 16.4. The minimum Gasteiger partial charge on any atom is -0.422 e. The van der Waals surface area contributed by atoms with E-state index in [4.69, 9.17) is 21.7 Å². The van der Waals surface area contributed by atoms with E-state index in [0.717, 1.165) is 27.9 Å². The van der Waals surface area contributed by atoms with Crippen molar-refractivity contribution in [1.29, 1.82) is 10.7 Å². The lowest BCUT2D eigenvalue weighted by atomic mass is 9.79. The predicted molar refractivity (Wildman–Crippen MR) is 99.5 cm³/mol. The molecule has 128 valence electrons. The van der Waals surface area contributed by atoms with Crippen molar-refractivity contribution >= 4 is 17.5 Å². The summed E-state index contributed by atoms with van der Waals surface area (Å²) < 4.78 is 5.53. The van der Waals surface area contributed by atoms with Crippen LogP contribution in [-0.2, 0) is 0 Å². The average molecular weight is 363 g/mol. The average Bonchev–Trinajstić information content (AvgIpc) is 3.05. The topological polar surface area (TPSA) is 85.5 Å². The SMILES string of the molecule is Cc1ccc(-c2[nH]nc3c2C(c2ccc(Cl)cc2)C(C#N)C(=N)O3)cc1. The third kappa shape index (κ3) is 2.65. The molecule has 2 unspecified atom stereocenters. The minimum atomic E-state index is -0.731. The molecule has 4 rings (SSSR count). The molecule has 26 heavy (non-hydrogen) atoms. The molecule has 0 bridgehead atoms. The van der Waals surface area contributed by atoms with Crippen molar-refractivity contribution in [2.75, 3.05) is 0 Å². The molecule has 5 nitrogen and oxygen atoms in total. The maximum atomic E-state index is 9.68. The number of hydrogen-bond acceptors (Lipinski definition) is 4. The zero-order valence-corrected chi connectivity index (χ0v) is 14.7. The third-order valence-corrected chi connectivity index (χ3v) is 4.86. The summed E-state index contributed by atoms with van der Waals surface area (Å²) in [6, 6.07) is 17.6. The largest absolute Gasteiger partial charge is 0.422 e. The van der Waals surface area contributed by atoms with Crippen LogP contribution in [0.15, 0.2) is 48.5 Å². The Hall–Kier alpha value is -3.10. The predicted octanol–water partition coefficient (Wildman–Crippen LogP) is 4.68. The molecular formula is C20H15ClN4O. The Labute approximate surface area is 155 Å². The van der Waals surface area contributed by atoms with Crippen LogP contribution in [0.25, 0.3) is 11.3 Å². The van der Waals surface area contributed by atoms with Crippen molar-refractivity contribution in [3.05, 3.63) is 70.2 Å². The van der Waals surface area contributed by atoms with Crippen LogP contribution in [-0.4, -0.2) is 16.1 Å². The van der Waals surface area contributed by atoms with E-state index in [-0.39, 0.29) is 11.8 Å². The van der Waals surface area contributed by atoms with Gasteiger partial charge in [-0.3, -0.25) is 10.5 Å². The van der Waals surface area contributed by atoms with Gasteiger partial charge in [0, 0.05) is 10.9 Å². The molecule has 1 aromatic heterocycles. The highest BCUT2D eigenvalue weighted by Gasteiger charge is 2.40. The molecule has 0 amide bonds. The number of nitriles is 1. The number of nitrogens with zero attached hydrogens (tertiary/aromatic N) is 2. The summed E-state index contributed by atoms with van der Waals surface area (Å²) in [5.74, 6) is -0.840. The van der Waals surface area contributed by atoms with Gasteiger partial charge in [-0.2, -0.15) is 5.26 Å². The number of halogens is 1. The second-order valence-electron chi connectivity index (χ2n) is 6.29. The Bertz CT molecular complexity index is 1020. The summed E-state index contributed by atoms with van der Waals surface area (Å²) in [5.41, 5.74) is 4.60. The normalized spacial score (nSPS) is 18.7. The lowest BCUT2D eigenvalue weighted by Crippen LogP contribution is -2.30. The van der Waals surface area contributed by atoms with Crippen LogP contribution >= 0.6 is 11.6 Å². The number of H-pyrrole nitrogens is 1. The number of benzene rings is 2. The van der Waals surface area contributed by atoms with Crippen LogP contribution in [0.2, 0.25) is 5.02 Å². The fourth-order valence-corrected chi connectivity index (χ4v) is 3.41. The molecule has 1 aliphatic heterocycles. The summed E-state index contributed by atoms with van der Waals surface area (Å²) in [5, 5.41) is 25.7. The monoisotopic (exact) mass is 362 g/mol. The number of ether oxygens (including phenoxy) is 1. The van der Waals surface area contributed by atoms with Gasteiger partial charge >= 0.3 is 0 Å². The van der Waals surface area contributed by atoms with E-state index in [1.165, 1.54) is 0 Å². The van der Waals surface area contributed by atoms with Gasteiger partial charge in [0.05, 0.1) is 17.3 Å². The van der Waals surface area contributed by atoms with Gasteiger partial charge in [-0.25, -0.2) is 0 Å². The Kier molecular flexibility index (Phi) is 3.98. The lowest BCUT2D eigenvalue weighted by molar-refractivity contribution is 0.437. The van der Waals surface area contributed by atoms with Crippen molar-refractivity contribution in [2.24, 2.45) is 5.92 Å². The standard InChI is InChI=1S/C20H15ClN4O/c1-11-2-4-13(5-3-11)18-17-16(12-6-8-14(21)9-7-12)15(10-22)19(23)26-20(17)25-24-18/h2-9,15-16,23H,1H3,(H,24,25). The van der Waals surface area contributed by atoms with Gasteiger partial charge in [0.15, 0.2) is 0 Å². The van der Waals surface area contributed by atoms with Crippen LogP contribution in [0, 0.1) is 29.6 Å². The Morgan fingerprint density at radius 1 is 1.15 bits per heavy atom. The highest BCUT2D eigenvalue weighted by Crippen LogP contribution is 2.45. The maximum absolute atomic E-state index is 9.68. The van der Waals surface area contributed by atoms with E-state index in [9.17, 15) is 5.26 Å². The van der Waals surface area contributed by atoms with Crippen molar-refractivity contribution in [2.45, 2.75) is 12.8 Å². The zero-order valence-electron chi connectivity index (χ0n) is 14.0. The van der Waals surface area contributed by atoms with E-state index in [1.807, 2.05) is 43.3 Å². The molecule has 0 saturated carbocycles. The maximum Gasteiger partial charge on any atom is 0.244 e. The van der Waals surface area contributed by atoms with Gasteiger partial charge in [0.2, 0.25) is 11.8 Å². The molecule has 0 spiro atoms. The summed E-state index contributed by atoms with van der Waals surface area (Å²) in [7, 11) is 0. The number of nitrogens with one attached hydrogen (secondary N) is 2. The second kappa shape index (κ2) is 6.32. The van der Waals surface area contributed by atoms with Crippen molar-refractivity contribution in [1.82, 2.24) is 10.2 Å². The van der Waals surface area contributed by atoms with E-state index in [2.05, 4.69) is 16.3 Å². The summed E-state index contributed by atoms with van der Waals surface area (Å²) in [6.07, 6.45) is 0. The van der Waals surface area contributed by atoms with Crippen LogP contribution in [0.3, 0.4) is 0 Å². The van der Waals surface area contributed by atoms with Gasteiger partial charge in [0.1, 0.15) is 5.92 Å². The number of hydrogen-bond donors (Lipinski definition) is 2. The third-order valence-electron chi connectivity index (χ3n) is 4.61.